The van der Waals surface area contributed by atoms with Gasteiger partial charge in [-0.2, -0.15) is 0 Å². The van der Waals surface area contributed by atoms with Crippen molar-refractivity contribution in [2.75, 3.05) is 5.75 Å². The molecule has 1 saturated heterocycles. The fraction of sp³-hybridized carbons (Fsp3) is 0.538. The first-order chi connectivity index (χ1) is 8.22. The van der Waals surface area contributed by atoms with Crippen LogP contribution < -0.4 is 0 Å². The Morgan fingerprint density at radius 3 is 3.06 bits per heavy atom. The van der Waals surface area contributed by atoms with Crippen LogP contribution in [0.15, 0.2) is 24.4 Å². The number of carbonyl (C=O) groups is 1. The van der Waals surface area contributed by atoms with E-state index < -0.39 is 0 Å². The maximum atomic E-state index is 11.9. The molecule has 2 heterocycles. The fourth-order valence-corrected chi connectivity index (χ4v) is 3.36. The van der Waals surface area contributed by atoms with E-state index in [2.05, 4.69) is 18.8 Å². The van der Waals surface area contributed by atoms with Crippen molar-refractivity contribution in [3.8, 4) is 0 Å². The summed E-state index contributed by atoms with van der Waals surface area (Å²) in [5, 5.41) is 0.314. The lowest BCUT2D eigenvalue weighted by atomic mass is 10.1. The van der Waals surface area contributed by atoms with E-state index in [0.29, 0.717) is 23.6 Å². The van der Waals surface area contributed by atoms with Crippen LogP contribution in [0.3, 0.4) is 0 Å². The number of hydrogen-bond donors (Lipinski definition) is 0. The SMILES string of the molecule is CCC(C)C1SCC(=O)N1Cc1ccccn1. The van der Waals surface area contributed by atoms with Crippen LogP contribution in [0.5, 0.6) is 0 Å². The number of carbonyl (C=O) groups excluding carboxylic acids is 1. The summed E-state index contributed by atoms with van der Waals surface area (Å²) in [6.45, 7) is 5.02. The molecule has 2 rings (SSSR count). The summed E-state index contributed by atoms with van der Waals surface area (Å²) in [6, 6.07) is 5.84. The Morgan fingerprint density at radius 2 is 2.41 bits per heavy atom. The zero-order chi connectivity index (χ0) is 12.3. The maximum absolute atomic E-state index is 11.9. The summed E-state index contributed by atoms with van der Waals surface area (Å²) in [7, 11) is 0. The first-order valence-corrected chi connectivity index (χ1v) is 7.08. The van der Waals surface area contributed by atoms with E-state index in [4.69, 9.17) is 0 Å². The predicted molar refractivity (Wildman–Crippen MR) is 70.5 cm³/mol. The van der Waals surface area contributed by atoms with Gasteiger partial charge in [-0.25, -0.2) is 0 Å². The molecule has 2 unspecified atom stereocenters. The van der Waals surface area contributed by atoms with Crippen LogP contribution in [0.2, 0.25) is 0 Å². The highest BCUT2D eigenvalue weighted by atomic mass is 32.2. The molecule has 4 heteroatoms. The van der Waals surface area contributed by atoms with Gasteiger partial charge in [0, 0.05) is 6.20 Å². The van der Waals surface area contributed by atoms with E-state index in [0.717, 1.165) is 12.1 Å². The Kier molecular flexibility index (Phi) is 4.05. The molecule has 0 N–H and O–H groups in total. The molecule has 0 saturated carbocycles. The summed E-state index contributed by atoms with van der Waals surface area (Å²) < 4.78 is 0. The first kappa shape index (κ1) is 12.4. The molecular formula is C13H18N2OS. The molecule has 1 aromatic rings. The highest BCUT2D eigenvalue weighted by Gasteiger charge is 2.34. The third-order valence-electron chi connectivity index (χ3n) is 3.19. The smallest absolute Gasteiger partial charge is 0.233 e. The molecule has 17 heavy (non-hydrogen) atoms. The average Bonchev–Trinajstić information content (AvgIpc) is 2.72. The molecular weight excluding hydrogens is 232 g/mol. The number of amides is 1. The van der Waals surface area contributed by atoms with Crippen molar-refractivity contribution in [3.05, 3.63) is 30.1 Å². The molecule has 1 aliphatic heterocycles. The molecule has 0 radical (unpaired) electrons. The second kappa shape index (κ2) is 5.54. The average molecular weight is 250 g/mol. The number of hydrogen-bond acceptors (Lipinski definition) is 3. The molecule has 92 valence electrons. The van der Waals surface area contributed by atoms with Crippen molar-refractivity contribution in [1.29, 1.82) is 0 Å². The summed E-state index contributed by atoms with van der Waals surface area (Å²) >= 11 is 1.76. The van der Waals surface area contributed by atoms with Gasteiger partial charge in [0.05, 0.1) is 23.4 Å². The Morgan fingerprint density at radius 1 is 1.59 bits per heavy atom. The minimum atomic E-state index is 0.242. The Labute approximate surface area is 107 Å². The summed E-state index contributed by atoms with van der Waals surface area (Å²) in [6.07, 6.45) is 2.88. The van der Waals surface area contributed by atoms with Gasteiger partial charge >= 0.3 is 0 Å². The van der Waals surface area contributed by atoms with E-state index in [1.807, 2.05) is 23.1 Å². The summed E-state index contributed by atoms with van der Waals surface area (Å²) in [4.78, 5) is 18.2. The number of pyridine rings is 1. The third-order valence-corrected chi connectivity index (χ3v) is 4.67. The summed E-state index contributed by atoms with van der Waals surface area (Å²) in [5.41, 5.74) is 0.969. The number of thioether (sulfide) groups is 1. The van der Waals surface area contributed by atoms with Gasteiger partial charge in [-0.3, -0.25) is 9.78 Å². The van der Waals surface area contributed by atoms with Crippen molar-refractivity contribution < 1.29 is 4.79 Å². The number of nitrogens with zero attached hydrogens (tertiary/aromatic N) is 2. The van der Waals surface area contributed by atoms with Gasteiger partial charge < -0.3 is 4.90 Å². The second-order valence-electron chi connectivity index (χ2n) is 4.43. The molecule has 1 aliphatic rings. The monoisotopic (exact) mass is 250 g/mol. The molecule has 3 nitrogen and oxygen atoms in total. The number of rotatable bonds is 4. The van der Waals surface area contributed by atoms with Gasteiger partial charge in [0.15, 0.2) is 0 Å². The second-order valence-corrected chi connectivity index (χ2v) is 5.53. The summed E-state index contributed by atoms with van der Waals surface area (Å²) in [5.74, 6) is 1.39. The van der Waals surface area contributed by atoms with E-state index in [9.17, 15) is 4.79 Å². The Bertz CT molecular complexity index is 382. The number of aromatic nitrogens is 1. The molecule has 0 aromatic carbocycles. The van der Waals surface area contributed by atoms with Crippen LogP contribution >= 0.6 is 11.8 Å². The van der Waals surface area contributed by atoms with Crippen LogP contribution in [0, 0.1) is 5.92 Å². The van der Waals surface area contributed by atoms with Crippen molar-refractivity contribution in [3.63, 3.8) is 0 Å². The zero-order valence-corrected chi connectivity index (χ0v) is 11.1. The largest absolute Gasteiger partial charge is 0.324 e. The lowest BCUT2D eigenvalue weighted by Gasteiger charge is -2.27. The van der Waals surface area contributed by atoms with Crippen molar-refractivity contribution in [2.45, 2.75) is 32.2 Å². The van der Waals surface area contributed by atoms with E-state index in [-0.39, 0.29) is 5.91 Å². The molecule has 0 aliphatic carbocycles. The van der Waals surface area contributed by atoms with Crippen LogP contribution in [-0.4, -0.2) is 26.9 Å². The molecule has 1 fully saturated rings. The fourth-order valence-electron chi connectivity index (χ4n) is 1.99. The minimum absolute atomic E-state index is 0.242. The van der Waals surface area contributed by atoms with Crippen molar-refractivity contribution >= 4 is 17.7 Å². The molecule has 1 amide bonds. The first-order valence-electron chi connectivity index (χ1n) is 6.03. The van der Waals surface area contributed by atoms with Gasteiger partial charge in [-0.1, -0.05) is 26.3 Å². The lowest BCUT2D eigenvalue weighted by molar-refractivity contribution is -0.129. The van der Waals surface area contributed by atoms with Crippen LogP contribution in [0.1, 0.15) is 26.0 Å². The molecule has 0 bridgehead atoms. The van der Waals surface area contributed by atoms with Gasteiger partial charge in [0.25, 0.3) is 0 Å². The van der Waals surface area contributed by atoms with Crippen molar-refractivity contribution in [1.82, 2.24) is 9.88 Å². The Balaban J connectivity index is 2.09. The van der Waals surface area contributed by atoms with Crippen molar-refractivity contribution in [2.24, 2.45) is 5.92 Å². The maximum Gasteiger partial charge on any atom is 0.233 e. The van der Waals surface area contributed by atoms with Crippen LogP contribution in [0.25, 0.3) is 0 Å². The zero-order valence-electron chi connectivity index (χ0n) is 10.3. The third kappa shape index (κ3) is 2.80. The van der Waals surface area contributed by atoms with E-state index in [1.165, 1.54) is 0 Å². The Hall–Kier alpha value is -1.03. The lowest BCUT2D eigenvalue weighted by Crippen LogP contribution is -2.36. The van der Waals surface area contributed by atoms with Crippen LogP contribution in [-0.2, 0) is 11.3 Å². The minimum Gasteiger partial charge on any atom is -0.324 e. The highest BCUT2D eigenvalue weighted by Crippen LogP contribution is 2.32. The van der Waals surface area contributed by atoms with E-state index in [1.54, 1.807) is 18.0 Å². The molecule has 1 aromatic heterocycles. The van der Waals surface area contributed by atoms with Gasteiger partial charge in [0.1, 0.15) is 0 Å². The molecule has 0 spiro atoms. The topological polar surface area (TPSA) is 33.2 Å². The quantitative estimate of drug-likeness (QED) is 0.823. The predicted octanol–water partition coefficient (Wildman–Crippen LogP) is 2.53. The van der Waals surface area contributed by atoms with E-state index >= 15 is 0 Å². The highest BCUT2D eigenvalue weighted by molar-refractivity contribution is 8.01. The van der Waals surface area contributed by atoms with Gasteiger partial charge in [0.2, 0.25) is 5.91 Å². The van der Waals surface area contributed by atoms with Gasteiger partial charge in [-0.05, 0) is 18.1 Å². The van der Waals surface area contributed by atoms with Crippen LogP contribution in [0.4, 0.5) is 0 Å². The van der Waals surface area contributed by atoms with Gasteiger partial charge in [-0.15, -0.1) is 11.8 Å². The standard InChI is InChI=1S/C13H18N2OS/c1-3-10(2)13-15(12(16)9-17-13)8-11-6-4-5-7-14-11/h4-7,10,13H,3,8-9H2,1-2H3. The molecule has 2 atom stereocenters. The normalized spacial score (nSPS) is 21.9.